The molecule has 0 unspecified atom stereocenters. The van der Waals surface area contributed by atoms with E-state index in [0.29, 0.717) is 5.69 Å². The number of nitrogens with zero attached hydrogens (tertiary/aromatic N) is 1. The number of likely N-dealkylation sites (N-methyl/N-ethyl adjacent to an activating group) is 1. The smallest absolute Gasteiger partial charge is 0.238 e. The summed E-state index contributed by atoms with van der Waals surface area (Å²) < 4.78 is 12.9. The maximum atomic E-state index is 12.9. The van der Waals surface area contributed by atoms with Gasteiger partial charge in [-0.05, 0) is 31.8 Å². The van der Waals surface area contributed by atoms with Gasteiger partial charge in [0.25, 0.3) is 0 Å². The molecule has 0 heterocycles. The molecule has 0 aliphatic carbocycles. The van der Waals surface area contributed by atoms with Gasteiger partial charge in [-0.25, -0.2) is 4.39 Å². The first-order chi connectivity index (χ1) is 8.61. The average Bonchev–Trinajstić information content (AvgIpc) is 2.34. The third-order valence-corrected chi connectivity index (χ3v) is 2.60. The number of carbonyl (C=O) groups is 1. The largest absolute Gasteiger partial charge is 0.325 e. The van der Waals surface area contributed by atoms with Crippen LogP contribution >= 0.6 is 0 Å². The molecule has 0 atom stereocenters. The van der Waals surface area contributed by atoms with Gasteiger partial charge in [-0.2, -0.15) is 0 Å². The molecule has 0 spiro atoms. The first-order valence-corrected chi connectivity index (χ1v) is 6.06. The molecular weight excluding hydrogens is 233 g/mol. The highest BCUT2D eigenvalue weighted by molar-refractivity contribution is 5.92. The lowest BCUT2D eigenvalue weighted by Crippen LogP contribution is -2.34. The molecule has 4 nitrogen and oxygen atoms in total. The minimum Gasteiger partial charge on any atom is -0.325 e. The molecule has 1 aromatic carbocycles. The standard InChI is InChI=1S/C13H20FN3O/c1-3-17(2)8-7-15-10-13(18)16-12-6-4-5-11(14)9-12/h4-6,9,15H,3,7-8,10H2,1-2H3,(H,16,18). The summed E-state index contributed by atoms with van der Waals surface area (Å²) >= 11 is 0. The number of nitrogens with one attached hydrogen (secondary N) is 2. The Morgan fingerprint density at radius 1 is 1.44 bits per heavy atom. The van der Waals surface area contributed by atoms with E-state index >= 15 is 0 Å². The number of benzene rings is 1. The normalized spacial score (nSPS) is 10.7. The van der Waals surface area contributed by atoms with Gasteiger partial charge in [0.2, 0.25) is 5.91 Å². The van der Waals surface area contributed by atoms with Crippen LogP contribution in [0.2, 0.25) is 0 Å². The van der Waals surface area contributed by atoms with E-state index in [9.17, 15) is 9.18 Å². The van der Waals surface area contributed by atoms with Crippen molar-refractivity contribution in [2.75, 3.05) is 38.5 Å². The predicted molar refractivity (Wildman–Crippen MR) is 71.1 cm³/mol. The fourth-order valence-corrected chi connectivity index (χ4v) is 1.40. The molecule has 5 heteroatoms. The van der Waals surface area contributed by atoms with Gasteiger partial charge in [0.15, 0.2) is 0 Å². The van der Waals surface area contributed by atoms with Gasteiger partial charge in [-0.15, -0.1) is 0 Å². The summed E-state index contributed by atoms with van der Waals surface area (Å²) in [6.07, 6.45) is 0. The van der Waals surface area contributed by atoms with Gasteiger partial charge in [0.05, 0.1) is 6.54 Å². The van der Waals surface area contributed by atoms with Crippen LogP contribution in [0.15, 0.2) is 24.3 Å². The molecular formula is C13H20FN3O. The van der Waals surface area contributed by atoms with E-state index in [1.54, 1.807) is 12.1 Å². The van der Waals surface area contributed by atoms with Crippen molar-refractivity contribution in [2.24, 2.45) is 0 Å². The number of rotatable bonds is 7. The second kappa shape index (κ2) is 7.79. The predicted octanol–water partition coefficient (Wildman–Crippen LogP) is 1.31. The van der Waals surface area contributed by atoms with E-state index in [1.807, 2.05) is 7.05 Å². The first kappa shape index (κ1) is 14.6. The maximum absolute atomic E-state index is 12.9. The Morgan fingerprint density at radius 2 is 2.22 bits per heavy atom. The first-order valence-electron chi connectivity index (χ1n) is 6.06. The van der Waals surface area contributed by atoms with Crippen LogP contribution in [0, 0.1) is 5.82 Å². The molecule has 100 valence electrons. The fourth-order valence-electron chi connectivity index (χ4n) is 1.40. The highest BCUT2D eigenvalue weighted by Crippen LogP contribution is 2.08. The minimum atomic E-state index is -0.356. The van der Waals surface area contributed by atoms with Crippen molar-refractivity contribution < 1.29 is 9.18 Å². The molecule has 0 saturated carbocycles. The summed E-state index contributed by atoms with van der Waals surface area (Å²) in [4.78, 5) is 13.7. The number of anilines is 1. The van der Waals surface area contributed by atoms with Crippen LogP contribution in [-0.2, 0) is 4.79 Å². The van der Waals surface area contributed by atoms with E-state index in [1.165, 1.54) is 12.1 Å². The summed E-state index contributed by atoms with van der Waals surface area (Å²) in [6.45, 7) is 4.94. The van der Waals surface area contributed by atoms with Crippen molar-refractivity contribution in [1.82, 2.24) is 10.2 Å². The Morgan fingerprint density at radius 3 is 2.89 bits per heavy atom. The van der Waals surface area contributed by atoms with Crippen LogP contribution in [0.25, 0.3) is 0 Å². The van der Waals surface area contributed by atoms with Crippen molar-refractivity contribution in [3.8, 4) is 0 Å². The van der Waals surface area contributed by atoms with E-state index in [4.69, 9.17) is 0 Å². The maximum Gasteiger partial charge on any atom is 0.238 e. The Bertz CT molecular complexity index is 384. The van der Waals surface area contributed by atoms with Crippen molar-refractivity contribution in [3.63, 3.8) is 0 Å². The zero-order chi connectivity index (χ0) is 13.4. The van der Waals surface area contributed by atoms with Gasteiger partial charge >= 0.3 is 0 Å². The SMILES string of the molecule is CCN(C)CCNCC(=O)Nc1cccc(F)c1. The van der Waals surface area contributed by atoms with Crippen LogP contribution in [0.1, 0.15) is 6.92 Å². The zero-order valence-electron chi connectivity index (χ0n) is 10.9. The highest BCUT2D eigenvalue weighted by atomic mass is 19.1. The molecule has 1 amide bonds. The summed E-state index contributed by atoms with van der Waals surface area (Å²) in [5.74, 6) is -0.523. The summed E-state index contributed by atoms with van der Waals surface area (Å²) in [7, 11) is 2.02. The third kappa shape index (κ3) is 5.75. The van der Waals surface area contributed by atoms with Gasteiger partial charge in [0.1, 0.15) is 5.82 Å². The van der Waals surface area contributed by atoms with Crippen molar-refractivity contribution in [2.45, 2.75) is 6.92 Å². The summed E-state index contributed by atoms with van der Waals surface area (Å²) in [5.41, 5.74) is 0.479. The summed E-state index contributed by atoms with van der Waals surface area (Å²) in [5, 5.41) is 5.67. The topological polar surface area (TPSA) is 44.4 Å². The zero-order valence-corrected chi connectivity index (χ0v) is 10.9. The van der Waals surface area contributed by atoms with E-state index in [0.717, 1.165) is 19.6 Å². The molecule has 1 aromatic rings. The molecule has 0 aliphatic heterocycles. The second-order valence-corrected chi connectivity index (χ2v) is 4.13. The van der Waals surface area contributed by atoms with Crippen LogP contribution in [0.5, 0.6) is 0 Å². The van der Waals surface area contributed by atoms with Crippen molar-refractivity contribution >= 4 is 11.6 Å². The molecule has 1 rings (SSSR count). The molecule has 18 heavy (non-hydrogen) atoms. The minimum absolute atomic E-state index is 0.167. The van der Waals surface area contributed by atoms with Crippen LogP contribution < -0.4 is 10.6 Å². The molecule has 2 N–H and O–H groups in total. The van der Waals surface area contributed by atoms with Gasteiger partial charge in [0, 0.05) is 18.8 Å². The fraction of sp³-hybridized carbons (Fsp3) is 0.462. The highest BCUT2D eigenvalue weighted by Gasteiger charge is 2.02. The van der Waals surface area contributed by atoms with E-state index in [-0.39, 0.29) is 18.3 Å². The quantitative estimate of drug-likeness (QED) is 0.720. The third-order valence-electron chi connectivity index (χ3n) is 2.60. The van der Waals surface area contributed by atoms with Gasteiger partial charge in [-0.3, -0.25) is 4.79 Å². The molecule has 0 saturated heterocycles. The number of carbonyl (C=O) groups excluding carboxylic acids is 1. The molecule has 0 aromatic heterocycles. The summed E-state index contributed by atoms with van der Waals surface area (Å²) in [6, 6.07) is 5.86. The number of hydrogen-bond donors (Lipinski definition) is 2. The van der Waals surface area contributed by atoms with E-state index in [2.05, 4.69) is 22.5 Å². The lowest BCUT2D eigenvalue weighted by atomic mass is 10.3. The Kier molecular flexibility index (Phi) is 6.32. The van der Waals surface area contributed by atoms with Crippen LogP contribution in [0.4, 0.5) is 10.1 Å². The monoisotopic (exact) mass is 253 g/mol. The molecule has 0 aliphatic rings. The van der Waals surface area contributed by atoms with Crippen LogP contribution in [0.3, 0.4) is 0 Å². The lowest BCUT2D eigenvalue weighted by Gasteiger charge is -2.13. The molecule has 0 radical (unpaired) electrons. The lowest BCUT2D eigenvalue weighted by molar-refractivity contribution is -0.115. The Hall–Kier alpha value is -1.46. The van der Waals surface area contributed by atoms with Gasteiger partial charge < -0.3 is 15.5 Å². The number of halogens is 1. The Balaban J connectivity index is 2.22. The van der Waals surface area contributed by atoms with E-state index < -0.39 is 0 Å². The number of hydrogen-bond acceptors (Lipinski definition) is 3. The molecule has 0 fully saturated rings. The van der Waals surface area contributed by atoms with Gasteiger partial charge in [-0.1, -0.05) is 13.0 Å². The number of amides is 1. The average molecular weight is 253 g/mol. The van der Waals surface area contributed by atoms with Crippen molar-refractivity contribution in [1.29, 1.82) is 0 Å². The van der Waals surface area contributed by atoms with Crippen molar-refractivity contribution in [3.05, 3.63) is 30.1 Å². The second-order valence-electron chi connectivity index (χ2n) is 4.13. The molecule has 0 bridgehead atoms. The van der Waals surface area contributed by atoms with Crippen LogP contribution in [-0.4, -0.2) is 44.0 Å². The Labute approximate surface area is 107 Å².